The monoisotopic (exact) mass is 301 g/mol. The summed E-state index contributed by atoms with van der Waals surface area (Å²) in [5, 5.41) is 0.991. The summed E-state index contributed by atoms with van der Waals surface area (Å²) in [6.07, 6.45) is -0.0180. The summed E-state index contributed by atoms with van der Waals surface area (Å²) in [6.45, 7) is 8.31. The van der Waals surface area contributed by atoms with Gasteiger partial charge in [-0.05, 0) is 30.7 Å². The van der Waals surface area contributed by atoms with Gasteiger partial charge < -0.3 is 9.47 Å². The van der Waals surface area contributed by atoms with Crippen molar-refractivity contribution in [3.8, 4) is 5.75 Å². The van der Waals surface area contributed by atoms with Gasteiger partial charge in [-0.2, -0.15) is 0 Å². The van der Waals surface area contributed by atoms with E-state index >= 15 is 0 Å². The van der Waals surface area contributed by atoms with Crippen LogP contribution in [0.4, 0.5) is 0 Å². The third-order valence-electron chi connectivity index (χ3n) is 3.54. The molecule has 118 valence electrons. The minimum atomic E-state index is -0.579. The van der Waals surface area contributed by atoms with Gasteiger partial charge in [-0.15, -0.1) is 0 Å². The summed E-state index contributed by atoms with van der Waals surface area (Å²) in [6, 6.07) is 9.73. The van der Waals surface area contributed by atoms with E-state index in [-0.39, 0.29) is 11.4 Å². The highest BCUT2D eigenvalue weighted by atomic mass is 16.6. The maximum absolute atomic E-state index is 11.6. The molecule has 0 bridgehead atoms. The van der Waals surface area contributed by atoms with Crippen molar-refractivity contribution in [1.82, 2.24) is 4.98 Å². The molecular formula is C18H23NO3. The molecule has 4 nitrogen and oxygen atoms in total. The third kappa shape index (κ3) is 3.56. The van der Waals surface area contributed by atoms with Crippen molar-refractivity contribution < 1.29 is 14.3 Å². The third-order valence-corrected chi connectivity index (χ3v) is 3.54. The van der Waals surface area contributed by atoms with E-state index in [0.717, 1.165) is 16.6 Å². The molecule has 0 radical (unpaired) electrons. The van der Waals surface area contributed by atoms with E-state index in [1.165, 1.54) is 7.11 Å². The van der Waals surface area contributed by atoms with Crippen molar-refractivity contribution in [3.05, 3.63) is 36.0 Å². The van der Waals surface area contributed by atoms with Gasteiger partial charge in [-0.3, -0.25) is 4.98 Å². The lowest BCUT2D eigenvalue weighted by atomic mass is 9.91. The standard InChI is InChI=1S/C18H23NO3/c1-6-15(17(20)21-5)22-13-8-9-14-12(11-13)7-10-16(19-14)18(2,3)4/h7-11,15H,6H2,1-5H3. The number of aromatic nitrogens is 1. The first-order valence-electron chi connectivity index (χ1n) is 7.51. The van der Waals surface area contributed by atoms with E-state index < -0.39 is 6.10 Å². The van der Waals surface area contributed by atoms with Gasteiger partial charge in [0.25, 0.3) is 0 Å². The van der Waals surface area contributed by atoms with Crippen molar-refractivity contribution in [2.24, 2.45) is 0 Å². The number of nitrogens with zero attached hydrogens (tertiary/aromatic N) is 1. The van der Waals surface area contributed by atoms with Crippen molar-refractivity contribution in [2.45, 2.75) is 45.6 Å². The summed E-state index contributed by atoms with van der Waals surface area (Å²) >= 11 is 0. The highest BCUT2D eigenvalue weighted by Crippen LogP contribution is 2.26. The topological polar surface area (TPSA) is 48.4 Å². The van der Waals surface area contributed by atoms with Gasteiger partial charge in [0.2, 0.25) is 0 Å². The number of esters is 1. The van der Waals surface area contributed by atoms with E-state index in [1.807, 2.05) is 37.3 Å². The SMILES string of the molecule is CCC(Oc1ccc2nc(C(C)(C)C)ccc2c1)C(=O)OC. The minimum absolute atomic E-state index is 0.0154. The second-order valence-electron chi connectivity index (χ2n) is 6.34. The molecule has 1 atom stereocenters. The molecule has 2 rings (SSSR count). The summed E-state index contributed by atoms with van der Waals surface area (Å²) in [4.78, 5) is 16.3. The van der Waals surface area contributed by atoms with E-state index in [9.17, 15) is 4.79 Å². The highest BCUT2D eigenvalue weighted by molar-refractivity contribution is 5.81. The number of pyridine rings is 1. The molecule has 0 spiro atoms. The zero-order chi connectivity index (χ0) is 16.3. The molecule has 1 unspecified atom stereocenters. The number of carbonyl (C=O) groups excluding carboxylic acids is 1. The number of fused-ring (bicyclic) bond motifs is 1. The molecule has 1 aromatic heterocycles. The van der Waals surface area contributed by atoms with Crippen molar-refractivity contribution in [2.75, 3.05) is 7.11 Å². The summed E-state index contributed by atoms with van der Waals surface area (Å²) < 4.78 is 10.5. The second-order valence-corrected chi connectivity index (χ2v) is 6.34. The largest absolute Gasteiger partial charge is 0.479 e. The Morgan fingerprint density at radius 1 is 1.23 bits per heavy atom. The molecule has 1 aromatic carbocycles. The molecule has 0 aliphatic rings. The number of rotatable bonds is 4. The molecule has 0 saturated heterocycles. The molecule has 0 saturated carbocycles. The fourth-order valence-electron chi connectivity index (χ4n) is 2.19. The van der Waals surface area contributed by atoms with Crippen molar-refractivity contribution in [1.29, 1.82) is 0 Å². The average Bonchev–Trinajstić information content (AvgIpc) is 2.50. The summed E-state index contributed by atoms with van der Waals surface area (Å²) in [7, 11) is 1.37. The van der Waals surface area contributed by atoms with E-state index in [2.05, 4.69) is 20.8 Å². The average molecular weight is 301 g/mol. The van der Waals surface area contributed by atoms with Crippen LogP contribution in [0.15, 0.2) is 30.3 Å². The van der Waals surface area contributed by atoms with Crippen LogP contribution in [0, 0.1) is 0 Å². The summed E-state index contributed by atoms with van der Waals surface area (Å²) in [5.74, 6) is 0.291. The fraction of sp³-hybridized carbons (Fsp3) is 0.444. The minimum Gasteiger partial charge on any atom is -0.479 e. The van der Waals surface area contributed by atoms with Crippen LogP contribution in [0.2, 0.25) is 0 Å². The number of benzene rings is 1. The lowest BCUT2D eigenvalue weighted by Gasteiger charge is -2.18. The first-order chi connectivity index (χ1) is 10.3. The molecule has 22 heavy (non-hydrogen) atoms. The lowest BCUT2D eigenvalue weighted by molar-refractivity contribution is -0.148. The molecule has 0 aliphatic carbocycles. The lowest BCUT2D eigenvalue weighted by Crippen LogP contribution is -2.27. The van der Waals surface area contributed by atoms with Gasteiger partial charge in [-0.1, -0.05) is 33.8 Å². The molecule has 0 amide bonds. The number of hydrogen-bond acceptors (Lipinski definition) is 4. The van der Waals surface area contributed by atoms with Gasteiger partial charge in [0.1, 0.15) is 5.75 Å². The van der Waals surface area contributed by atoms with Crippen LogP contribution in [0.25, 0.3) is 10.9 Å². The Balaban J connectivity index is 2.29. The Morgan fingerprint density at radius 3 is 2.55 bits per heavy atom. The molecule has 0 N–H and O–H groups in total. The van der Waals surface area contributed by atoms with Crippen LogP contribution in [0.5, 0.6) is 5.75 Å². The van der Waals surface area contributed by atoms with E-state index in [0.29, 0.717) is 12.2 Å². The number of ether oxygens (including phenoxy) is 2. The predicted octanol–water partition coefficient (Wildman–Crippen LogP) is 3.86. The Morgan fingerprint density at radius 2 is 1.95 bits per heavy atom. The van der Waals surface area contributed by atoms with Gasteiger partial charge in [0.05, 0.1) is 12.6 Å². The second kappa shape index (κ2) is 6.34. The van der Waals surface area contributed by atoms with E-state index in [4.69, 9.17) is 14.5 Å². The highest BCUT2D eigenvalue weighted by Gasteiger charge is 2.19. The predicted molar refractivity (Wildman–Crippen MR) is 87.2 cm³/mol. The number of methoxy groups -OCH3 is 1. The molecular weight excluding hydrogens is 278 g/mol. The Kier molecular flexibility index (Phi) is 4.69. The molecule has 0 fully saturated rings. The first-order valence-corrected chi connectivity index (χ1v) is 7.51. The van der Waals surface area contributed by atoms with Crippen LogP contribution < -0.4 is 4.74 Å². The Hall–Kier alpha value is -2.10. The van der Waals surface area contributed by atoms with Gasteiger partial charge in [-0.25, -0.2) is 4.79 Å². The zero-order valence-electron chi connectivity index (χ0n) is 13.8. The van der Waals surface area contributed by atoms with Crippen molar-refractivity contribution >= 4 is 16.9 Å². The Labute approximate surface area is 131 Å². The van der Waals surface area contributed by atoms with Crippen molar-refractivity contribution in [3.63, 3.8) is 0 Å². The normalized spacial score (nSPS) is 13.0. The number of hydrogen-bond donors (Lipinski definition) is 0. The molecule has 0 aliphatic heterocycles. The smallest absolute Gasteiger partial charge is 0.347 e. The number of carbonyl (C=O) groups is 1. The van der Waals surface area contributed by atoms with Crippen LogP contribution in [-0.2, 0) is 14.9 Å². The maximum Gasteiger partial charge on any atom is 0.347 e. The van der Waals surface area contributed by atoms with Gasteiger partial charge in [0.15, 0.2) is 6.10 Å². The molecule has 2 aromatic rings. The first kappa shape index (κ1) is 16.3. The van der Waals surface area contributed by atoms with Crippen LogP contribution >= 0.6 is 0 Å². The zero-order valence-corrected chi connectivity index (χ0v) is 13.8. The van der Waals surface area contributed by atoms with E-state index in [1.54, 1.807) is 0 Å². The van der Waals surface area contributed by atoms with Crippen LogP contribution in [-0.4, -0.2) is 24.2 Å². The Bertz CT molecular complexity index is 674. The van der Waals surface area contributed by atoms with Gasteiger partial charge in [0, 0.05) is 16.5 Å². The molecule has 1 heterocycles. The quantitative estimate of drug-likeness (QED) is 0.805. The maximum atomic E-state index is 11.6. The fourth-order valence-corrected chi connectivity index (χ4v) is 2.19. The van der Waals surface area contributed by atoms with Gasteiger partial charge >= 0.3 is 5.97 Å². The summed E-state index contributed by atoms with van der Waals surface area (Å²) in [5.41, 5.74) is 1.99. The molecule has 4 heteroatoms. The van der Waals surface area contributed by atoms with Crippen LogP contribution in [0.1, 0.15) is 39.8 Å². The van der Waals surface area contributed by atoms with Crippen LogP contribution in [0.3, 0.4) is 0 Å².